The lowest BCUT2D eigenvalue weighted by atomic mass is 9.90. The summed E-state index contributed by atoms with van der Waals surface area (Å²) in [6.45, 7) is 0.496. The van der Waals surface area contributed by atoms with E-state index in [0.717, 1.165) is 25.7 Å². The van der Waals surface area contributed by atoms with Crippen LogP contribution in [-0.4, -0.2) is 18.1 Å². The fraction of sp³-hybridized carbons (Fsp3) is 0.889. The second kappa shape index (κ2) is 4.46. The first-order valence-electron chi connectivity index (χ1n) is 4.96. The summed E-state index contributed by atoms with van der Waals surface area (Å²) >= 11 is 0. The average Bonchev–Trinajstić information content (AvgIpc) is 2.30. The average molecular weight is 185 g/mol. The molecule has 2 amide bonds. The van der Waals surface area contributed by atoms with Crippen molar-refractivity contribution in [2.75, 3.05) is 6.54 Å². The first kappa shape index (κ1) is 10.3. The molecule has 0 aromatic carbocycles. The highest BCUT2D eigenvalue weighted by Crippen LogP contribution is 2.25. The third-order valence-corrected chi connectivity index (χ3v) is 2.84. The van der Waals surface area contributed by atoms with Gasteiger partial charge in [-0.2, -0.15) is 0 Å². The number of primary amides is 1. The summed E-state index contributed by atoms with van der Waals surface area (Å²) in [5.41, 5.74) is 10.6. The number of nitrogens with two attached hydrogens (primary N) is 2. The largest absolute Gasteiger partial charge is 0.352 e. The number of urea groups is 1. The second-order valence-corrected chi connectivity index (χ2v) is 3.89. The fourth-order valence-electron chi connectivity index (χ4n) is 2.05. The third kappa shape index (κ3) is 2.88. The second-order valence-electron chi connectivity index (χ2n) is 3.89. The number of carbonyl (C=O) groups is 1. The summed E-state index contributed by atoms with van der Waals surface area (Å²) in [6, 6.07) is -0.452. The van der Waals surface area contributed by atoms with Crippen molar-refractivity contribution in [2.24, 2.45) is 11.5 Å². The molecular weight excluding hydrogens is 166 g/mol. The van der Waals surface area contributed by atoms with Gasteiger partial charge >= 0.3 is 6.03 Å². The van der Waals surface area contributed by atoms with Crippen LogP contribution >= 0.6 is 0 Å². The van der Waals surface area contributed by atoms with E-state index >= 15 is 0 Å². The number of carbonyl (C=O) groups excluding carboxylic acids is 1. The number of amides is 2. The Morgan fingerprint density at radius 2 is 1.77 bits per heavy atom. The quantitative estimate of drug-likeness (QED) is 0.554. The molecule has 0 radical (unpaired) electrons. The number of rotatable bonds is 2. The number of nitrogens with one attached hydrogen (secondary N) is 1. The summed E-state index contributed by atoms with van der Waals surface area (Å²) in [5, 5.41) is 2.80. The molecule has 1 aliphatic carbocycles. The van der Waals surface area contributed by atoms with Gasteiger partial charge in [0.15, 0.2) is 0 Å². The number of hydrogen-bond acceptors (Lipinski definition) is 2. The molecule has 4 heteroatoms. The molecule has 0 unspecified atom stereocenters. The molecule has 0 aliphatic heterocycles. The molecule has 0 aromatic heterocycles. The first-order valence-corrected chi connectivity index (χ1v) is 4.96. The van der Waals surface area contributed by atoms with Crippen molar-refractivity contribution >= 4 is 6.03 Å². The molecule has 1 fully saturated rings. The monoisotopic (exact) mass is 185 g/mol. The minimum absolute atomic E-state index is 0.220. The lowest BCUT2D eigenvalue weighted by Crippen LogP contribution is -2.55. The van der Waals surface area contributed by atoms with Gasteiger partial charge < -0.3 is 16.8 Å². The van der Waals surface area contributed by atoms with Crippen LogP contribution < -0.4 is 16.8 Å². The summed E-state index contributed by atoms with van der Waals surface area (Å²) in [5.74, 6) is 0. The lowest BCUT2D eigenvalue weighted by Gasteiger charge is -2.31. The van der Waals surface area contributed by atoms with Crippen molar-refractivity contribution in [2.45, 2.75) is 44.1 Å². The Kier molecular flexibility index (Phi) is 3.54. The zero-order valence-electron chi connectivity index (χ0n) is 8.01. The van der Waals surface area contributed by atoms with E-state index in [0.29, 0.717) is 6.54 Å². The SMILES string of the molecule is NCC1(NC(N)=O)CCCCCC1. The highest BCUT2D eigenvalue weighted by atomic mass is 16.2. The molecule has 0 atom stereocenters. The zero-order chi connectivity index (χ0) is 9.73. The van der Waals surface area contributed by atoms with Crippen LogP contribution in [0.15, 0.2) is 0 Å². The van der Waals surface area contributed by atoms with Gasteiger partial charge in [-0.1, -0.05) is 25.7 Å². The molecular formula is C9H19N3O. The normalized spacial score (nSPS) is 21.9. The topological polar surface area (TPSA) is 81.1 Å². The summed E-state index contributed by atoms with van der Waals surface area (Å²) < 4.78 is 0. The number of hydrogen-bond donors (Lipinski definition) is 3. The molecule has 4 nitrogen and oxygen atoms in total. The standard InChI is InChI=1S/C9H19N3O/c10-7-9(12-8(11)13)5-3-1-2-4-6-9/h1-7,10H2,(H3,11,12,13). The molecule has 76 valence electrons. The van der Waals surface area contributed by atoms with E-state index in [4.69, 9.17) is 11.5 Å². The molecule has 13 heavy (non-hydrogen) atoms. The maximum absolute atomic E-state index is 10.8. The van der Waals surface area contributed by atoms with E-state index < -0.39 is 6.03 Å². The minimum Gasteiger partial charge on any atom is -0.352 e. The Morgan fingerprint density at radius 3 is 2.15 bits per heavy atom. The highest BCUT2D eigenvalue weighted by molar-refractivity contribution is 5.72. The molecule has 5 N–H and O–H groups in total. The Hall–Kier alpha value is -0.770. The van der Waals surface area contributed by atoms with Crippen LogP contribution in [0.1, 0.15) is 38.5 Å². The van der Waals surface area contributed by atoms with Crippen LogP contribution in [0.3, 0.4) is 0 Å². The minimum atomic E-state index is -0.452. The van der Waals surface area contributed by atoms with Gasteiger partial charge in [-0.3, -0.25) is 0 Å². The zero-order valence-corrected chi connectivity index (χ0v) is 8.01. The Bertz CT molecular complexity index is 174. The van der Waals surface area contributed by atoms with Crippen LogP contribution in [0.25, 0.3) is 0 Å². The molecule has 0 heterocycles. The van der Waals surface area contributed by atoms with Crippen molar-refractivity contribution in [3.63, 3.8) is 0 Å². The molecule has 0 saturated heterocycles. The summed E-state index contributed by atoms with van der Waals surface area (Å²) in [4.78, 5) is 10.8. The molecule has 1 rings (SSSR count). The van der Waals surface area contributed by atoms with Crippen LogP contribution in [0, 0.1) is 0 Å². The van der Waals surface area contributed by atoms with Crippen LogP contribution in [0.5, 0.6) is 0 Å². The van der Waals surface area contributed by atoms with Crippen molar-refractivity contribution in [3.05, 3.63) is 0 Å². The smallest absolute Gasteiger partial charge is 0.312 e. The van der Waals surface area contributed by atoms with Gasteiger partial charge in [0, 0.05) is 6.54 Å². The summed E-state index contributed by atoms with van der Waals surface area (Å²) in [6.07, 6.45) is 6.68. The van der Waals surface area contributed by atoms with Crippen LogP contribution in [-0.2, 0) is 0 Å². The Labute approximate surface area is 79.0 Å². The van der Waals surface area contributed by atoms with Gasteiger partial charge in [0.05, 0.1) is 5.54 Å². The molecule has 0 aromatic rings. The molecule has 0 bridgehead atoms. The van der Waals surface area contributed by atoms with Gasteiger partial charge in [-0.15, -0.1) is 0 Å². The van der Waals surface area contributed by atoms with E-state index in [1.54, 1.807) is 0 Å². The predicted molar refractivity (Wildman–Crippen MR) is 52.2 cm³/mol. The van der Waals surface area contributed by atoms with Crippen LogP contribution in [0.4, 0.5) is 4.79 Å². The molecule has 0 spiro atoms. The van der Waals surface area contributed by atoms with Crippen molar-refractivity contribution in [1.29, 1.82) is 0 Å². The fourth-order valence-corrected chi connectivity index (χ4v) is 2.05. The van der Waals surface area contributed by atoms with E-state index in [2.05, 4.69) is 5.32 Å². The Morgan fingerprint density at radius 1 is 1.23 bits per heavy atom. The highest BCUT2D eigenvalue weighted by Gasteiger charge is 2.30. The van der Waals surface area contributed by atoms with Gasteiger partial charge in [0.2, 0.25) is 0 Å². The maximum atomic E-state index is 10.8. The van der Waals surface area contributed by atoms with Gasteiger partial charge in [0.1, 0.15) is 0 Å². The lowest BCUT2D eigenvalue weighted by molar-refractivity contribution is 0.227. The van der Waals surface area contributed by atoms with E-state index in [9.17, 15) is 4.79 Å². The summed E-state index contributed by atoms with van der Waals surface area (Å²) in [7, 11) is 0. The molecule has 1 saturated carbocycles. The maximum Gasteiger partial charge on any atom is 0.312 e. The van der Waals surface area contributed by atoms with E-state index in [1.807, 2.05) is 0 Å². The first-order chi connectivity index (χ1) is 6.18. The van der Waals surface area contributed by atoms with Gasteiger partial charge in [-0.05, 0) is 12.8 Å². The van der Waals surface area contributed by atoms with E-state index in [-0.39, 0.29) is 5.54 Å². The van der Waals surface area contributed by atoms with Crippen molar-refractivity contribution in [1.82, 2.24) is 5.32 Å². The van der Waals surface area contributed by atoms with Gasteiger partial charge in [0.25, 0.3) is 0 Å². The predicted octanol–water partition coefficient (Wildman–Crippen LogP) is 0.706. The van der Waals surface area contributed by atoms with Crippen molar-refractivity contribution < 1.29 is 4.79 Å². The third-order valence-electron chi connectivity index (χ3n) is 2.84. The van der Waals surface area contributed by atoms with Crippen molar-refractivity contribution in [3.8, 4) is 0 Å². The van der Waals surface area contributed by atoms with E-state index in [1.165, 1.54) is 12.8 Å². The molecule has 1 aliphatic rings. The van der Waals surface area contributed by atoms with Crippen LogP contribution in [0.2, 0.25) is 0 Å². The van der Waals surface area contributed by atoms with Gasteiger partial charge in [-0.25, -0.2) is 4.79 Å². The Balaban J connectivity index is 2.58.